The summed E-state index contributed by atoms with van der Waals surface area (Å²) < 4.78 is 13.1. The molecule has 76 valence electrons. The Labute approximate surface area is 84.6 Å². The lowest BCUT2D eigenvalue weighted by molar-refractivity contribution is 0.621. The van der Waals surface area contributed by atoms with E-state index in [1.54, 1.807) is 12.1 Å². The molecule has 0 fully saturated rings. The lowest BCUT2D eigenvalue weighted by Gasteiger charge is -2.04. The Balaban J connectivity index is 2.64. The Bertz CT molecular complexity index is 307. The third-order valence-electron chi connectivity index (χ3n) is 2.04. The highest BCUT2D eigenvalue weighted by Gasteiger charge is 1.99. The van der Waals surface area contributed by atoms with Crippen LogP contribution >= 0.6 is 0 Å². The van der Waals surface area contributed by atoms with E-state index in [9.17, 15) is 4.39 Å². The van der Waals surface area contributed by atoms with E-state index in [4.69, 9.17) is 0 Å². The van der Waals surface area contributed by atoms with Crippen LogP contribution < -0.4 is 5.32 Å². The first-order valence-electron chi connectivity index (χ1n) is 4.89. The lowest BCUT2D eigenvalue weighted by atomic mass is 10.1. The highest BCUT2D eigenvalue weighted by molar-refractivity contribution is 5.48. The lowest BCUT2D eigenvalue weighted by Crippen LogP contribution is -2.13. The van der Waals surface area contributed by atoms with E-state index in [-0.39, 0.29) is 5.82 Å². The standard InChI is InChI=1S/C12H16FN/c1-3-7-14-9-10-5-6-12(13)11(4-2)8-10/h4-6,8,14H,2-3,7,9H2,1H3. The summed E-state index contributed by atoms with van der Waals surface area (Å²) in [5.41, 5.74) is 1.66. The first kappa shape index (κ1) is 10.9. The number of hydrogen-bond acceptors (Lipinski definition) is 1. The van der Waals surface area contributed by atoms with Crippen LogP contribution in [0.2, 0.25) is 0 Å². The van der Waals surface area contributed by atoms with Gasteiger partial charge in [-0.15, -0.1) is 0 Å². The van der Waals surface area contributed by atoms with Crippen molar-refractivity contribution in [2.24, 2.45) is 0 Å². The van der Waals surface area contributed by atoms with Crippen molar-refractivity contribution in [3.63, 3.8) is 0 Å². The van der Waals surface area contributed by atoms with Crippen molar-refractivity contribution >= 4 is 6.08 Å². The van der Waals surface area contributed by atoms with Crippen LogP contribution in [-0.2, 0) is 6.54 Å². The molecule has 0 unspecified atom stereocenters. The largest absolute Gasteiger partial charge is 0.313 e. The van der Waals surface area contributed by atoms with Gasteiger partial charge in [0.25, 0.3) is 0 Å². The molecule has 0 saturated carbocycles. The second-order valence-corrected chi connectivity index (χ2v) is 3.24. The molecule has 14 heavy (non-hydrogen) atoms. The quantitative estimate of drug-likeness (QED) is 0.709. The average Bonchev–Trinajstić information content (AvgIpc) is 2.21. The van der Waals surface area contributed by atoms with Crippen LogP contribution in [0.15, 0.2) is 24.8 Å². The topological polar surface area (TPSA) is 12.0 Å². The van der Waals surface area contributed by atoms with Crippen molar-refractivity contribution < 1.29 is 4.39 Å². The van der Waals surface area contributed by atoms with Crippen LogP contribution in [0.3, 0.4) is 0 Å². The van der Waals surface area contributed by atoms with E-state index in [1.165, 1.54) is 6.07 Å². The first-order valence-corrected chi connectivity index (χ1v) is 4.89. The molecule has 2 heteroatoms. The van der Waals surface area contributed by atoms with Gasteiger partial charge in [0.05, 0.1) is 0 Å². The maximum Gasteiger partial charge on any atom is 0.130 e. The zero-order valence-corrected chi connectivity index (χ0v) is 8.52. The number of rotatable bonds is 5. The summed E-state index contributed by atoms with van der Waals surface area (Å²) in [6.07, 6.45) is 2.65. The van der Waals surface area contributed by atoms with E-state index in [0.29, 0.717) is 5.56 Å². The van der Waals surface area contributed by atoms with E-state index in [2.05, 4.69) is 18.8 Å². The summed E-state index contributed by atoms with van der Waals surface area (Å²) in [7, 11) is 0. The molecule has 1 rings (SSSR count). The second kappa shape index (κ2) is 5.55. The van der Waals surface area contributed by atoms with Gasteiger partial charge < -0.3 is 5.32 Å². The fraction of sp³-hybridized carbons (Fsp3) is 0.333. The Hall–Kier alpha value is -1.15. The molecule has 0 radical (unpaired) electrons. The van der Waals surface area contributed by atoms with Crippen molar-refractivity contribution in [1.29, 1.82) is 0 Å². The molecule has 0 saturated heterocycles. The summed E-state index contributed by atoms with van der Waals surface area (Å²) in [5.74, 6) is -0.209. The predicted octanol–water partition coefficient (Wildman–Crippen LogP) is 2.97. The van der Waals surface area contributed by atoms with E-state index < -0.39 is 0 Å². The van der Waals surface area contributed by atoms with Gasteiger partial charge in [0, 0.05) is 12.1 Å². The van der Waals surface area contributed by atoms with Crippen molar-refractivity contribution in [2.75, 3.05) is 6.54 Å². The molecule has 0 aromatic heterocycles. The highest BCUT2D eigenvalue weighted by Crippen LogP contribution is 2.11. The zero-order valence-electron chi connectivity index (χ0n) is 8.52. The average molecular weight is 193 g/mol. The number of nitrogens with one attached hydrogen (secondary N) is 1. The van der Waals surface area contributed by atoms with Crippen LogP contribution in [0.5, 0.6) is 0 Å². The smallest absolute Gasteiger partial charge is 0.130 e. The summed E-state index contributed by atoms with van der Waals surface area (Å²) in [6.45, 7) is 7.46. The number of hydrogen-bond donors (Lipinski definition) is 1. The van der Waals surface area contributed by atoms with Crippen LogP contribution in [0, 0.1) is 5.82 Å². The van der Waals surface area contributed by atoms with Crippen molar-refractivity contribution in [1.82, 2.24) is 5.32 Å². The summed E-state index contributed by atoms with van der Waals surface area (Å²) in [4.78, 5) is 0. The fourth-order valence-electron chi connectivity index (χ4n) is 1.27. The molecular weight excluding hydrogens is 177 g/mol. The molecule has 0 aliphatic carbocycles. The summed E-state index contributed by atoms with van der Waals surface area (Å²) in [5, 5.41) is 3.27. The molecule has 1 nitrogen and oxygen atoms in total. The van der Waals surface area contributed by atoms with Gasteiger partial charge in [-0.05, 0) is 30.7 Å². The summed E-state index contributed by atoms with van der Waals surface area (Å²) >= 11 is 0. The molecular formula is C12H16FN. The Morgan fingerprint density at radius 2 is 2.29 bits per heavy atom. The molecule has 0 atom stereocenters. The van der Waals surface area contributed by atoms with Gasteiger partial charge in [0.1, 0.15) is 5.82 Å². The van der Waals surface area contributed by atoms with E-state index in [1.807, 2.05) is 6.07 Å². The molecule has 0 spiro atoms. The molecule has 0 bridgehead atoms. The van der Waals surface area contributed by atoms with Crippen LogP contribution in [-0.4, -0.2) is 6.54 Å². The van der Waals surface area contributed by atoms with Crippen LogP contribution in [0.25, 0.3) is 6.08 Å². The number of benzene rings is 1. The molecule has 0 aliphatic rings. The summed E-state index contributed by atoms with van der Waals surface area (Å²) in [6, 6.07) is 5.11. The second-order valence-electron chi connectivity index (χ2n) is 3.24. The van der Waals surface area contributed by atoms with Crippen molar-refractivity contribution in [3.8, 4) is 0 Å². The molecule has 0 aliphatic heterocycles. The van der Waals surface area contributed by atoms with Gasteiger partial charge in [0.15, 0.2) is 0 Å². The Morgan fingerprint density at radius 1 is 1.50 bits per heavy atom. The molecule has 1 aromatic rings. The molecule has 1 N–H and O–H groups in total. The molecule has 1 aromatic carbocycles. The number of halogens is 1. The minimum atomic E-state index is -0.209. The van der Waals surface area contributed by atoms with E-state index >= 15 is 0 Å². The van der Waals surface area contributed by atoms with Gasteiger partial charge in [-0.2, -0.15) is 0 Å². The molecule has 0 heterocycles. The normalized spacial score (nSPS) is 10.1. The van der Waals surface area contributed by atoms with Crippen LogP contribution in [0.4, 0.5) is 4.39 Å². The van der Waals surface area contributed by atoms with Crippen molar-refractivity contribution in [2.45, 2.75) is 19.9 Å². The third-order valence-corrected chi connectivity index (χ3v) is 2.04. The Kier molecular flexibility index (Phi) is 4.33. The van der Waals surface area contributed by atoms with Gasteiger partial charge in [-0.1, -0.05) is 25.6 Å². The van der Waals surface area contributed by atoms with Gasteiger partial charge in [-0.25, -0.2) is 4.39 Å². The highest BCUT2D eigenvalue weighted by atomic mass is 19.1. The monoisotopic (exact) mass is 193 g/mol. The predicted molar refractivity (Wildman–Crippen MR) is 58.5 cm³/mol. The first-order chi connectivity index (χ1) is 6.77. The zero-order chi connectivity index (χ0) is 10.4. The minimum Gasteiger partial charge on any atom is -0.313 e. The maximum absolute atomic E-state index is 13.1. The van der Waals surface area contributed by atoms with E-state index in [0.717, 1.165) is 25.1 Å². The maximum atomic E-state index is 13.1. The van der Waals surface area contributed by atoms with Gasteiger partial charge >= 0.3 is 0 Å². The Morgan fingerprint density at radius 3 is 2.93 bits per heavy atom. The van der Waals surface area contributed by atoms with Gasteiger partial charge in [-0.3, -0.25) is 0 Å². The third kappa shape index (κ3) is 2.96. The van der Waals surface area contributed by atoms with Gasteiger partial charge in [0.2, 0.25) is 0 Å². The van der Waals surface area contributed by atoms with Crippen molar-refractivity contribution in [3.05, 3.63) is 41.7 Å². The molecule has 0 amide bonds. The van der Waals surface area contributed by atoms with Crippen LogP contribution in [0.1, 0.15) is 24.5 Å². The SMILES string of the molecule is C=Cc1cc(CNCCC)ccc1F. The fourth-order valence-corrected chi connectivity index (χ4v) is 1.27. The minimum absolute atomic E-state index is 0.209.